The average Bonchev–Trinajstić information content (AvgIpc) is 3.08. The van der Waals surface area contributed by atoms with Crippen molar-refractivity contribution in [3.05, 3.63) is 64.5 Å². The molecule has 2 heterocycles. The highest BCUT2D eigenvalue weighted by atomic mass is 19.4. The Kier molecular flexibility index (Phi) is 3.76. The number of rotatable bonds is 3. The topological polar surface area (TPSA) is 84.7 Å². The van der Waals surface area contributed by atoms with Gasteiger partial charge < -0.3 is 0 Å². The fourth-order valence-corrected chi connectivity index (χ4v) is 2.21. The first-order valence-corrected chi connectivity index (χ1v) is 6.68. The second kappa shape index (κ2) is 5.76. The molecule has 0 saturated carbocycles. The molecule has 0 bridgehead atoms. The van der Waals surface area contributed by atoms with E-state index in [9.17, 15) is 23.3 Å². The zero-order valence-corrected chi connectivity index (χ0v) is 11.9. The van der Waals surface area contributed by atoms with Gasteiger partial charge >= 0.3 is 6.18 Å². The van der Waals surface area contributed by atoms with Crippen molar-refractivity contribution in [3.63, 3.8) is 0 Å². The van der Waals surface area contributed by atoms with E-state index in [1.165, 1.54) is 24.4 Å². The quantitative estimate of drug-likeness (QED) is 0.578. The van der Waals surface area contributed by atoms with Crippen LogP contribution < -0.4 is 0 Å². The smallest absolute Gasteiger partial charge is 0.285 e. The van der Waals surface area contributed by atoms with Crippen LogP contribution in [-0.2, 0) is 6.18 Å². The minimum atomic E-state index is -4.44. The predicted octanol–water partition coefficient (Wildman–Crippen LogP) is 4.07. The first-order chi connectivity index (χ1) is 11.4. The normalized spacial score (nSPS) is 11.5. The van der Waals surface area contributed by atoms with Crippen LogP contribution in [0.4, 0.5) is 18.9 Å². The molecule has 0 atom stereocenters. The Morgan fingerprint density at radius 1 is 1.12 bits per heavy atom. The molecule has 0 radical (unpaired) electrons. The third-order valence-electron chi connectivity index (χ3n) is 3.35. The lowest BCUT2D eigenvalue weighted by atomic mass is 10.0. The molecule has 3 aromatic rings. The van der Waals surface area contributed by atoms with Crippen LogP contribution in [0.1, 0.15) is 5.56 Å². The standard InChI is InChI=1S/C15H9F3N4O2/c16-15(17,18)10-3-1-9(2-4-10)14-12(13-5-6-20-21-13)7-11(8-19-14)22(23)24/h1-8H,(H,20,21). The monoisotopic (exact) mass is 334 g/mol. The Hall–Kier alpha value is -3.23. The third-order valence-corrected chi connectivity index (χ3v) is 3.35. The molecular weight excluding hydrogens is 325 g/mol. The Bertz CT molecular complexity index is 875. The number of nitro groups is 1. The lowest BCUT2D eigenvalue weighted by molar-refractivity contribution is -0.385. The summed E-state index contributed by atoms with van der Waals surface area (Å²) in [5.41, 5.74) is 0.446. The average molecular weight is 334 g/mol. The number of H-pyrrole nitrogens is 1. The van der Waals surface area contributed by atoms with E-state index < -0.39 is 16.7 Å². The summed E-state index contributed by atoms with van der Waals surface area (Å²) in [6.45, 7) is 0. The largest absolute Gasteiger partial charge is 0.416 e. The summed E-state index contributed by atoms with van der Waals surface area (Å²) in [7, 11) is 0. The van der Waals surface area contributed by atoms with Crippen LogP contribution in [0, 0.1) is 10.1 Å². The van der Waals surface area contributed by atoms with Crippen molar-refractivity contribution in [2.45, 2.75) is 6.18 Å². The summed E-state index contributed by atoms with van der Waals surface area (Å²) in [6.07, 6.45) is -1.85. The van der Waals surface area contributed by atoms with Crippen molar-refractivity contribution in [1.29, 1.82) is 0 Å². The van der Waals surface area contributed by atoms with Gasteiger partial charge in [-0.1, -0.05) is 12.1 Å². The number of aromatic amines is 1. The molecule has 0 spiro atoms. The molecular formula is C15H9F3N4O2. The maximum Gasteiger partial charge on any atom is 0.416 e. The molecule has 122 valence electrons. The Morgan fingerprint density at radius 2 is 1.83 bits per heavy atom. The molecule has 2 aromatic heterocycles. The van der Waals surface area contributed by atoms with Crippen molar-refractivity contribution in [2.75, 3.05) is 0 Å². The van der Waals surface area contributed by atoms with Crippen LogP contribution >= 0.6 is 0 Å². The van der Waals surface area contributed by atoms with E-state index in [1.54, 1.807) is 6.07 Å². The Morgan fingerprint density at radius 3 is 2.38 bits per heavy atom. The van der Waals surface area contributed by atoms with Gasteiger partial charge in [0.2, 0.25) is 0 Å². The summed E-state index contributed by atoms with van der Waals surface area (Å²) in [6, 6.07) is 7.30. The van der Waals surface area contributed by atoms with Gasteiger partial charge in [0, 0.05) is 23.4 Å². The fourth-order valence-electron chi connectivity index (χ4n) is 2.21. The number of alkyl halides is 3. The number of nitrogens with one attached hydrogen (secondary N) is 1. The number of halogens is 3. The van der Waals surface area contributed by atoms with Gasteiger partial charge in [-0.25, -0.2) is 4.98 Å². The highest BCUT2D eigenvalue weighted by Gasteiger charge is 2.30. The maximum atomic E-state index is 12.7. The minimum absolute atomic E-state index is 0.233. The molecule has 0 fully saturated rings. The van der Waals surface area contributed by atoms with Crippen LogP contribution in [0.25, 0.3) is 22.5 Å². The lowest BCUT2D eigenvalue weighted by Crippen LogP contribution is -2.04. The van der Waals surface area contributed by atoms with E-state index in [-0.39, 0.29) is 5.69 Å². The summed E-state index contributed by atoms with van der Waals surface area (Å²) in [5, 5.41) is 17.5. The van der Waals surface area contributed by atoms with E-state index in [0.29, 0.717) is 22.5 Å². The van der Waals surface area contributed by atoms with Crippen molar-refractivity contribution >= 4 is 5.69 Å². The van der Waals surface area contributed by atoms with Crippen molar-refractivity contribution < 1.29 is 18.1 Å². The summed E-state index contributed by atoms with van der Waals surface area (Å²) in [4.78, 5) is 14.4. The fraction of sp³-hybridized carbons (Fsp3) is 0.0667. The molecule has 0 aliphatic carbocycles. The predicted molar refractivity (Wildman–Crippen MR) is 78.9 cm³/mol. The first-order valence-electron chi connectivity index (χ1n) is 6.68. The van der Waals surface area contributed by atoms with E-state index in [2.05, 4.69) is 15.2 Å². The van der Waals surface area contributed by atoms with Gasteiger partial charge in [-0.3, -0.25) is 15.2 Å². The second-order valence-electron chi connectivity index (χ2n) is 4.88. The summed E-state index contributed by atoms with van der Waals surface area (Å²) < 4.78 is 38.0. The molecule has 1 aromatic carbocycles. The van der Waals surface area contributed by atoms with E-state index in [4.69, 9.17) is 0 Å². The Balaban J connectivity index is 2.12. The molecule has 9 heteroatoms. The number of nitrogens with zero attached hydrogens (tertiary/aromatic N) is 3. The van der Waals surface area contributed by atoms with Gasteiger partial charge in [0.05, 0.1) is 21.9 Å². The first kappa shape index (κ1) is 15.7. The molecule has 1 N–H and O–H groups in total. The number of benzene rings is 1. The molecule has 0 unspecified atom stereocenters. The Labute approximate surface area is 133 Å². The number of pyridine rings is 1. The molecule has 0 aliphatic rings. The van der Waals surface area contributed by atoms with Gasteiger partial charge in [0.15, 0.2) is 0 Å². The molecule has 3 rings (SSSR count). The van der Waals surface area contributed by atoms with Gasteiger partial charge in [-0.15, -0.1) is 0 Å². The number of aromatic nitrogens is 3. The second-order valence-corrected chi connectivity index (χ2v) is 4.88. The van der Waals surface area contributed by atoms with Gasteiger partial charge in [0.1, 0.15) is 6.20 Å². The van der Waals surface area contributed by atoms with Gasteiger partial charge in [0.25, 0.3) is 5.69 Å². The number of hydrogen-bond acceptors (Lipinski definition) is 4. The van der Waals surface area contributed by atoms with Crippen LogP contribution in [-0.4, -0.2) is 20.1 Å². The molecule has 0 saturated heterocycles. The van der Waals surface area contributed by atoms with Gasteiger partial charge in [-0.05, 0) is 18.2 Å². The van der Waals surface area contributed by atoms with Crippen LogP contribution in [0.3, 0.4) is 0 Å². The van der Waals surface area contributed by atoms with Crippen molar-refractivity contribution in [3.8, 4) is 22.5 Å². The van der Waals surface area contributed by atoms with Crippen LogP contribution in [0.2, 0.25) is 0 Å². The highest BCUT2D eigenvalue weighted by molar-refractivity contribution is 5.80. The zero-order chi connectivity index (χ0) is 17.3. The van der Waals surface area contributed by atoms with Gasteiger partial charge in [-0.2, -0.15) is 18.3 Å². The lowest BCUT2D eigenvalue weighted by Gasteiger charge is -2.09. The highest BCUT2D eigenvalue weighted by Crippen LogP contribution is 2.34. The van der Waals surface area contributed by atoms with E-state index in [1.807, 2.05) is 0 Å². The maximum absolute atomic E-state index is 12.7. The molecule has 24 heavy (non-hydrogen) atoms. The van der Waals surface area contributed by atoms with Crippen LogP contribution in [0.15, 0.2) is 48.8 Å². The third kappa shape index (κ3) is 2.96. The number of hydrogen-bond donors (Lipinski definition) is 1. The minimum Gasteiger partial charge on any atom is -0.285 e. The van der Waals surface area contributed by atoms with E-state index in [0.717, 1.165) is 18.3 Å². The van der Waals surface area contributed by atoms with Crippen molar-refractivity contribution in [1.82, 2.24) is 15.2 Å². The van der Waals surface area contributed by atoms with Crippen molar-refractivity contribution in [2.24, 2.45) is 0 Å². The SMILES string of the molecule is O=[N+]([O-])c1cnc(-c2ccc(C(F)(F)F)cc2)c(-c2cc[nH]n2)c1. The molecule has 0 aliphatic heterocycles. The molecule has 0 amide bonds. The van der Waals surface area contributed by atoms with E-state index >= 15 is 0 Å². The molecule has 6 nitrogen and oxygen atoms in total. The zero-order valence-electron chi connectivity index (χ0n) is 11.9. The van der Waals surface area contributed by atoms with Crippen LogP contribution in [0.5, 0.6) is 0 Å². The summed E-state index contributed by atoms with van der Waals surface area (Å²) in [5.74, 6) is 0. The summed E-state index contributed by atoms with van der Waals surface area (Å²) >= 11 is 0.